The minimum Gasteiger partial charge on any atom is -0.470 e. The molecule has 34 heavy (non-hydrogen) atoms. The van der Waals surface area contributed by atoms with Gasteiger partial charge in [0.05, 0.1) is 23.0 Å². The second kappa shape index (κ2) is 10.6. The minimum atomic E-state index is -0.484. The van der Waals surface area contributed by atoms with E-state index < -0.39 is 11.8 Å². The number of furan rings is 1. The van der Waals surface area contributed by atoms with Crippen LogP contribution in [-0.4, -0.2) is 31.4 Å². The molecule has 2 amide bonds. The molecule has 0 unspecified atom stereocenters. The first kappa shape index (κ1) is 23.6. The highest BCUT2D eigenvalue weighted by molar-refractivity contribution is 9.10. The zero-order valence-electron chi connectivity index (χ0n) is 18.0. The van der Waals surface area contributed by atoms with Crippen molar-refractivity contribution in [2.45, 2.75) is 26.7 Å². The molecule has 0 atom stereocenters. The van der Waals surface area contributed by atoms with Gasteiger partial charge in [-0.1, -0.05) is 11.6 Å². The van der Waals surface area contributed by atoms with Gasteiger partial charge in [-0.25, -0.2) is 4.68 Å². The number of benzene rings is 1. The number of nitrogens with one attached hydrogen (secondary N) is 2. The zero-order valence-corrected chi connectivity index (χ0v) is 20.3. The fraction of sp³-hybridized carbons (Fsp3) is 0.182. The lowest BCUT2D eigenvalue weighted by Gasteiger charge is -2.08. The Bertz CT molecular complexity index is 1300. The van der Waals surface area contributed by atoms with E-state index in [-0.39, 0.29) is 30.4 Å². The molecule has 4 aromatic rings. The highest BCUT2D eigenvalue weighted by Crippen LogP contribution is 2.28. The molecule has 0 aliphatic rings. The third kappa shape index (κ3) is 5.67. The molecule has 176 valence electrons. The number of carbonyl (C=O) groups is 2. The van der Waals surface area contributed by atoms with Crippen LogP contribution in [0.1, 0.15) is 33.7 Å². The number of ether oxygens (including phenoxy) is 1. The van der Waals surface area contributed by atoms with Gasteiger partial charge in [0.15, 0.2) is 18.1 Å². The van der Waals surface area contributed by atoms with Gasteiger partial charge in [-0.15, -0.1) is 0 Å². The lowest BCUT2D eigenvalue weighted by Crippen LogP contribution is -2.25. The number of hydrogen-bond acceptors (Lipinski definition) is 6. The molecular weight excluding hydrogens is 528 g/mol. The normalized spacial score (nSPS) is 10.8. The molecule has 0 saturated carbocycles. The van der Waals surface area contributed by atoms with Crippen LogP contribution in [0.4, 0.5) is 5.69 Å². The van der Waals surface area contributed by atoms with Crippen molar-refractivity contribution in [3.8, 4) is 5.75 Å². The Hall–Kier alpha value is -3.57. The summed E-state index contributed by atoms with van der Waals surface area (Å²) in [4.78, 5) is 25.4. The maximum Gasteiger partial charge on any atom is 0.276 e. The Balaban J connectivity index is 1.41. The Morgan fingerprint density at radius 2 is 2.03 bits per heavy atom. The van der Waals surface area contributed by atoms with Crippen LogP contribution >= 0.6 is 27.5 Å². The fourth-order valence-corrected chi connectivity index (χ4v) is 3.77. The van der Waals surface area contributed by atoms with Crippen molar-refractivity contribution in [3.63, 3.8) is 0 Å². The number of anilines is 1. The van der Waals surface area contributed by atoms with Crippen LogP contribution < -0.4 is 15.4 Å². The monoisotopic (exact) mass is 546 g/mol. The molecule has 0 aliphatic carbocycles. The van der Waals surface area contributed by atoms with Crippen molar-refractivity contribution in [2.75, 3.05) is 5.32 Å². The van der Waals surface area contributed by atoms with Crippen molar-refractivity contribution >= 4 is 45.0 Å². The predicted octanol–water partition coefficient (Wildman–Crippen LogP) is 4.33. The Morgan fingerprint density at radius 3 is 2.76 bits per heavy atom. The number of nitrogens with zero attached hydrogens (tertiary/aromatic N) is 4. The average molecular weight is 548 g/mol. The molecule has 3 aromatic heterocycles. The van der Waals surface area contributed by atoms with Crippen LogP contribution in [0.2, 0.25) is 5.02 Å². The van der Waals surface area contributed by atoms with Crippen LogP contribution in [0.25, 0.3) is 0 Å². The summed E-state index contributed by atoms with van der Waals surface area (Å²) in [6.45, 7) is 2.69. The van der Waals surface area contributed by atoms with Gasteiger partial charge in [0, 0.05) is 24.0 Å². The summed E-state index contributed by atoms with van der Waals surface area (Å²) in [6.07, 6.45) is 4.74. The summed E-state index contributed by atoms with van der Waals surface area (Å²) < 4.78 is 14.7. The molecule has 10 nitrogen and oxygen atoms in total. The molecular formula is C22H20BrClN6O4. The highest BCUT2D eigenvalue weighted by atomic mass is 79.9. The molecule has 4 rings (SSSR count). The summed E-state index contributed by atoms with van der Waals surface area (Å²) in [6, 6.07) is 10.2. The Morgan fingerprint density at radius 1 is 1.18 bits per heavy atom. The van der Waals surface area contributed by atoms with E-state index in [0.29, 0.717) is 27.5 Å². The smallest absolute Gasteiger partial charge is 0.276 e. The van der Waals surface area contributed by atoms with Crippen molar-refractivity contribution in [1.82, 2.24) is 24.9 Å². The highest BCUT2D eigenvalue weighted by Gasteiger charge is 2.20. The molecule has 0 aliphatic heterocycles. The molecule has 2 N–H and O–H groups in total. The summed E-state index contributed by atoms with van der Waals surface area (Å²) >= 11 is 9.32. The summed E-state index contributed by atoms with van der Waals surface area (Å²) in [5.41, 5.74) is 0.529. The summed E-state index contributed by atoms with van der Waals surface area (Å²) in [7, 11) is 0. The molecule has 0 bridgehead atoms. The lowest BCUT2D eigenvalue weighted by atomic mass is 10.3. The molecule has 12 heteroatoms. The van der Waals surface area contributed by atoms with Crippen LogP contribution in [-0.2, 0) is 19.8 Å². The van der Waals surface area contributed by atoms with Gasteiger partial charge in [0.25, 0.3) is 11.8 Å². The van der Waals surface area contributed by atoms with E-state index in [1.807, 2.05) is 6.92 Å². The molecule has 0 saturated heterocycles. The molecule has 3 heterocycles. The molecule has 1 aromatic carbocycles. The first-order valence-electron chi connectivity index (χ1n) is 10.2. The van der Waals surface area contributed by atoms with Crippen molar-refractivity contribution in [3.05, 3.63) is 81.7 Å². The quantitative estimate of drug-likeness (QED) is 0.322. The zero-order chi connectivity index (χ0) is 24.1. The number of aromatic nitrogens is 4. The van der Waals surface area contributed by atoms with Crippen LogP contribution in [0.5, 0.6) is 5.75 Å². The fourth-order valence-electron chi connectivity index (χ4n) is 2.98. The maximum atomic E-state index is 12.8. The largest absolute Gasteiger partial charge is 0.470 e. The summed E-state index contributed by atoms with van der Waals surface area (Å²) in [5.74, 6) is 0.267. The van der Waals surface area contributed by atoms with Crippen molar-refractivity contribution in [2.24, 2.45) is 0 Å². The second-order valence-corrected chi connectivity index (χ2v) is 8.34. The van der Waals surface area contributed by atoms with E-state index in [4.69, 9.17) is 20.8 Å². The SMILES string of the molecule is CCn1cc(NC(=O)c2ccn(COc3ccc(Cl)cc3Br)n2)c(C(=O)NCc2ccco2)n1. The number of amides is 2. The maximum absolute atomic E-state index is 12.8. The van der Waals surface area contributed by atoms with Gasteiger partial charge >= 0.3 is 0 Å². The Labute approximate surface area is 208 Å². The number of halogens is 2. The standard InChI is InChI=1S/C22H20BrClN6O4/c1-2-29-12-18(20(28-29)22(32)25-11-15-4-3-9-33-15)26-21(31)17-7-8-30(27-17)13-34-19-6-5-14(24)10-16(19)23/h3-10,12H,2,11,13H2,1H3,(H,25,32)(H,26,31). The third-order valence-electron chi connectivity index (χ3n) is 4.67. The van der Waals surface area contributed by atoms with E-state index in [0.717, 1.165) is 0 Å². The van der Waals surface area contributed by atoms with E-state index in [1.54, 1.807) is 53.5 Å². The molecule has 0 fully saturated rings. The van der Waals surface area contributed by atoms with Gasteiger partial charge in [-0.05, 0) is 59.3 Å². The van der Waals surface area contributed by atoms with E-state index in [2.05, 4.69) is 36.8 Å². The number of carbonyl (C=O) groups excluding carboxylic acids is 2. The van der Waals surface area contributed by atoms with Gasteiger partial charge in [0.2, 0.25) is 0 Å². The third-order valence-corrected chi connectivity index (χ3v) is 5.53. The summed E-state index contributed by atoms with van der Waals surface area (Å²) in [5, 5.41) is 14.5. The number of hydrogen-bond donors (Lipinski definition) is 2. The van der Waals surface area contributed by atoms with Gasteiger partial charge < -0.3 is 19.8 Å². The van der Waals surface area contributed by atoms with E-state index in [9.17, 15) is 9.59 Å². The van der Waals surface area contributed by atoms with Gasteiger partial charge in [-0.3, -0.25) is 14.3 Å². The number of rotatable bonds is 9. The van der Waals surface area contributed by atoms with Crippen LogP contribution in [0.3, 0.4) is 0 Å². The van der Waals surface area contributed by atoms with Gasteiger partial charge in [0.1, 0.15) is 11.5 Å². The first-order valence-corrected chi connectivity index (χ1v) is 11.4. The van der Waals surface area contributed by atoms with E-state index in [1.165, 1.54) is 10.9 Å². The van der Waals surface area contributed by atoms with Crippen molar-refractivity contribution < 1.29 is 18.7 Å². The van der Waals surface area contributed by atoms with Crippen LogP contribution in [0.15, 0.2) is 63.9 Å². The Kier molecular flexibility index (Phi) is 7.33. The van der Waals surface area contributed by atoms with E-state index >= 15 is 0 Å². The predicted molar refractivity (Wildman–Crippen MR) is 128 cm³/mol. The minimum absolute atomic E-state index is 0.0850. The van der Waals surface area contributed by atoms with Crippen LogP contribution in [0, 0.1) is 0 Å². The van der Waals surface area contributed by atoms with Gasteiger partial charge in [-0.2, -0.15) is 10.2 Å². The first-order chi connectivity index (χ1) is 16.4. The molecule has 0 radical (unpaired) electrons. The van der Waals surface area contributed by atoms with Crippen molar-refractivity contribution in [1.29, 1.82) is 0 Å². The number of aryl methyl sites for hydroxylation is 1. The second-order valence-electron chi connectivity index (χ2n) is 7.05. The topological polar surface area (TPSA) is 116 Å². The molecule has 0 spiro atoms. The average Bonchev–Trinajstić information content (AvgIpc) is 3.58. The lowest BCUT2D eigenvalue weighted by molar-refractivity contribution is 0.0943.